The van der Waals surface area contributed by atoms with Crippen molar-refractivity contribution < 1.29 is 4.74 Å². The maximum Gasteiger partial charge on any atom is 0.191 e. The summed E-state index contributed by atoms with van der Waals surface area (Å²) in [6.45, 7) is 5.09. The van der Waals surface area contributed by atoms with Crippen molar-refractivity contribution in [1.29, 1.82) is 0 Å². The van der Waals surface area contributed by atoms with Gasteiger partial charge < -0.3 is 15.4 Å². The molecular weight excluding hydrogens is 274 g/mol. The van der Waals surface area contributed by atoms with Crippen LogP contribution in [0.5, 0.6) is 5.75 Å². The van der Waals surface area contributed by atoms with Gasteiger partial charge in [0, 0.05) is 19.6 Å². The van der Waals surface area contributed by atoms with Crippen molar-refractivity contribution in [1.82, 2.24) is 10.6 Å². The van der Waals surface area contributed by atoms with E-state index in [-0.39, 0.29) is 0 Å². The third-order valence-corrected chi connectivity index (χ3v) is 3.50. The van der Waals surface area contributed by atoms with Gasteiger partial charge in [-0.15, -0.1) is 6.42 Å². The van der Waals surface area contributed by atoms with E-state index in [1.165, 1.54) is 18.4 Å². The maximum absolute atomic E-state index is 5.36. The molecule has 2 N–H and O–H groups in total. The lowest BCUT2D eigenvalue weighted by Gasteiger charge is -2.11. The first-order chi connectivity index (χ1) is 10.8. The van der Waals surface area contributed by atoms with Gasteiger partial charge in [-0.05, 0) is 49.8 Å². The molecule has 0 saturated heterocycles. The van der Waals surface area contributed by atoms with Gasteiger partial charge in [-0.1, -0.05) is 18.1 Å². The molecule has 4 nitrogen and oxygen atoms in total. The number of hydrogen-bond acceptors (Lipinski definition) is 2. The van der Waals surface area contributed by atoms with E-state index < -0.39 is 0 Å². The quantitative estimate of drug-likeness (QED) is 0.439. The molecule has 0 aromatic heterocycles. The van der Waals surface area contributed by atoms with Crippen LogP contribution in [0.2, 0.25) is 0 Å². The summed E-state index contributed by atoms with van der Waals surface area (Å²) in [5.41, 5.74) is 1.26. The molecule has 0 amide bonds. The van der Waals surface area contributed by atoms with E-state index in [0.29, 0.717) is 6.61 Å². The van der Waals surface area contributed by atoms with Crippen LogP contribution in [0.3, 0.4) is 0 Å². The molecular formula is C18H25N3O. The highest BCUT2D eigenvalue weighted by Crippen LogP contribution is 2.28. The van der Waals surface area contributed by atoms with Gasteiger partial charge in [-0.3, -0.25) is 4.99 Å². The molecule has 0 heterocycles. The first-order valence-electron chi connectivity index (χ1n) is 7.99. The molecule has 0 radical (unpaired) electrons. The minimum atomic E-state index is 0.310. The van der Waals surface area contributed by atoms with Crippen LogP contribution >= 0.6 is 0 Å². The molecule has 22 heavy (non-hydrogen) atoms. The summed E-state index contributed by atoms with van der Waals surface area (Å²) >= 11 is 0. The first-order valence-corrected chi connectivity index (χ1v) is 7.99. The molecule has 1 saturated carbocycles. The van der Waals surface area contributed by atoms with Crippen molar-refractivity contribution in [3.8, 4) is 18.1 Å². The van der Waals surface area contributed by atoms with E-state index in [1.54, 1.807) is 0 Å². The van der Waals surface area contributed by atoms with Crippen LogP contribution in [-0.2, 0) is 6.42 Å². The zero-order chi connectivity index (χ0) is 15.6. The summed E-state index contributed by atoms with van der Waals surface area (Å²) in [5, 5.41) is 6.67. The minimum Gasteiger partial charge on any atom is -0.481 e. The lowest BCUT2D eigenvalue weighted by atomic mass is 10.1. The molecule has 1 fully saturated rings. The van der Waals surface area contributed by atoms with E-state index >= 15 is 0 Å². The summed E-state index contributed by atoms with van der Waals surface area (Å²) in [4.78, 5) is 4.61. The average Bonchev–Trinajstić information content (AvgIpc) is 3.36. The summed E-state index contributed by atoms with van der Waals surface area (Å²) in [6.07, 6.45) is 8.78. The number of guanidine groups is 1. The van der Waals surface area contributed by atoms with Crippen molar-refractivity contribution in [2.75, 3.05) is 26.2 Å². The SMILES string of the molecule is C#CCOc1ccc(CCNC(=NCC2CC2)NCC)cc1. The van der Waals surface area contributed by atoms with Gasteiger partial charge in [0.25, 0.3) is 0 Å². The van der Waals surface area contributed by atoms with Crippen LogP contribution < -0.4 is 15.4 Å². The third kappa shape index (κ3) is 6.09. The molecule has 0 aliphatic heterocycles. The minimum absolute atomic E-state index is 0.310. The van der Waals surface area contributed by atoms with Crippen LogP contribution in [0, 0.1) is 18.3 Å². The second kappa shape index (κ2) is 8.99. The number of rotatable bonds is 8. The van der Waals surface area contributed by atoms with Gasteiger partial charge in [-0.2, -0.15) is 0 Å². The van der Waals surface area contributed by atoms with Crippen molar-refractivity contribution in [3.05, 3.63) is 29.8 Å². The molecule has 118 valence electrons. The van der Waals surface area contributed by atoms with Crippen LogP contribution in [0.4, 0.5) is 0 Å². The van der Waals surface area contributed by atoms with Gasteiger partial charge in [0.15, 0.2) is 5.96 Å². The lowest BCUT2D eigenvalue weighted by molar-refractivity contribution is 0.370. The summed E-state index contributed by atoms with van der Waals surface area (Å²) in [6, 6.07) is 8.06. The zero-order valence-electron chi connectivity index (χ0n) is 13.3. The zero-order valence-corrected chi connectivity index (χ0v) is 13.3. The third-order valence-electron chi connectivity index (χ3n) is 3.50. The van der Waals surface area contributed by atoms with Crippen molar-refractivity contribution in [2.45, 2.75) is 26.2 Å². The van der Waals surface area contributed by atoms with Crippen molar-refractivity contribution in [2.24, 2.45) is 10.9 Å². The fraction of sp³-hybridized carbons (Fsp3) is 0.500. The van der Waals surface area contributed by atoms with Crippen molar-refractivity contribution >= 4 is 5.96 Å². The van der Waals surface area contributed by atoms with E-state index in [1.807, 2.05) is 12.1 Å². The Morgan fingerprint density at radius 3 is 2.73 bits per heavy atom. The number of benzene rings is 1. The summed E-state index contributed by atoms with van der Waals surface area (Å²) in [5.74, 6) is 5.01. The largest absolute Gasteiger partial charge is 0.481 e. The Kier molecular flexibility index (Phi) is 6.63. The van der Waals surface area contributed by atoms with E-state index in [4.69, 9.17) is 11.2 Å². The Morgan fingerprint density at radius 1 is 1.32 bits per heavy atom. The highest BCUT2D eigenvalue weighted by Gasteiger charge is 2.20. The molecule has 0 spiro atoms. The Morgan fingerprint density at radius 2 is 2.09 bits per heavy atom. The standard InChI is InChI=1S/C18H25N3O/c1-3-13-22-17-9-7-15(8-10-17)11-12-20-18(19-4-2)21-14-16-5-6-16/h1,7-10,16H,4-6,11-14H2,2H3,(H2,19,20,21). The number of terminal acetylenes is 1. The predicted molar refractivity (Wildman–Crippen MR) is 91.2 cm³/mol. The van der Waals surface area contributed by atoms with Crippen molar-refractivity contribution in [3.63, 3.8) is 0 Å². The molecule has 0 atom stereocenters. The highest BCUT2D eigenvalue weighted by atomic mass is 16.5. The molecule has 0 bridgehead atoms. The first kappa shape index (κ1) is 16.2. The summed E-state index contributed by atoms with van der Waals surface area (Å²) < 4.78 is 5.36. The predicted octanol–water partition coefficient (Wildman–Crippen LogP) is 2.21. The average molecular weight is 299 g/mol. The monoisotopic (exact) mass is 299 g/mol. The normalized spacial score (nSPS) is 14.3. The number of ether oxygens (including phenoxy) is 1. The van der Waals surface area contributed by atoms with Crippen LogP contribution in [-0.4, -0.2) is 32.2 Å². The fourth-order valence-corrected chi connectivity index (χ4v) is 2.07. The van der Waals surface area contributed by atoms with Gasteiger partial charge >= 0.3 is 0 Å². The molecule has 1 aliphatic carbocycles. The Labute approximate surface area is 133 Å². The molecule has 1 aliphatic rings. The second-order valence-electron chi connectivity index (χ2n) is 5.48. The van der Waals surface area contributed by atoms with E-state index in [9.17, 15) is 0 Å². The van der Waals surface area contributed by atoms with Crippen LogP contribution in [0.1, 0.15) is 25.3 Å². The molecule has 4 heteroatoms. The maximum atomic E-state index is 5.36. The Hall–Kier alpha value is -2.15. The topological polar surface area (TPSA) is 45.6 Å². The smallest absolute Gasteiger partial charge is 0.191 e. The molecule has 1 aromatic carbocycles. The van der Waals surface area contributed by atoms with Crippen LogP contribution in [0.15, 0.2) is 29.3 Å². The number of nitrogens with zero attached hydrogens (tertiary/aromatic N) is 1. The molecule has 0 unspecified atom stereocenters. The van der Waals surface area contributed by atoms with E-state index in [2.05, 4.69) is 40.6 Å². The van der Waals surface area contributed by atoms with Gasteiger partial charge in [0.05, 0.1) is 0 Å². The number of hydrogen-bond donors (Lipinski definition) is 2. The molecule has 2 rings (SSSR count). The van der Waals surface area contributed by atoms with Gasteiger partial charge in [0.2, 0.25) is 0 Å². The highest BCUT2D eigenvalue weighted by molar-refractivity contribution is 5.79. The Balaban J connectivity index is 1.73. The van der Waals surface area contributed by atoms with E-state index in [0.717, 1.165) is 43.7 Å². The lowest BCUT2D eigenvalue weighted by Crippen LogP contribution is -2.38. The second-order valence-corrected chi connectivity index (χ2v) is 5.48. The van der Waals surface area contributed by atoms with Gasteiger partial charge in [-0.25, -0.2) is 0 Å². The number of nitrogens with one attached hydrogen (secondary N) is 2. The number of aliphatic imine (C=N–C) groups is 1. The van der Waals surface area contributed by atoms with Gasteiger partial charge in [0.1, 0.15) is 12.4 Å². The Bertz CT molecular complexity index is 512. The summed E-state index contributed by atoms with van der Waals surface area (Å²) in [7, 11) is 0. The molecule has 1 aromatic rings. The fourth-order valence-electron chi connectivity index (χ4n) is 2.07. The van der Waals surface area contributed by atoms with Crippen LogP contribution in [0.25, 0.3) is 0 Å².